The van der Waals surface area contributed by atoms with Gasteiger partial charge in [-0.15, -0.1) is 0 Å². The van der Waals surface area contributed by atoms with Crippen molar-refractivity contribution in [1.29, 1.82) is 0 Å². The number of ether oxygens (including phenoxy) is 3. The number of nitrogens with zero attached hydrogens (tertiary/aromatic N) is 1. The minimum Gasteiger partial charge on any atom is -0.486 e. The van der Waals surface area contributed by atoms with Crippen molar-refractivity contribution >= 4 is 28.9 Å². The number of esters is 1. The summed E-state index contributed by atoms with van der Waals surface area (Å²) in [7, 11) is 0. The molecule has 1 aliphatic heterocycles. The van der Waals surface area contributed by atoms with Crippen molar-refractivity contribution in [2.75, 3.05) is 25.1 Å². The SMILES string of the molecule is Cc1csc(=O)n1CC(=O)OCC(=O)Nc1ccc2c(c1)OCCO2. The van der Waals surface area contributed by atoms with E-state index in [-0.39, 0.29) is 11.4 Å². The number of thiazole rings is 1. The Morgan fingerprint density at radius 3 is 2.76 bits per heavy atom. The largest absolute Gasteiger partial charge is 0.486 e. The predicted octanol–water partition coefficient (Wildman–Crippen LogP) is 1.17. The lowest BCUT2D eigenvalue weighted by molar-refractivity contribution is -0.147. The fourth-order valence-electron chi connectivity index (χ4n) is 2.24. The fourth-order valence-corrected chi connectivity index (χ4v) is 2.97. The standard InChI is InChI=1S/C16H16N2O6S/c1-10-9-25-16(21)18(10)7-15(20)24-8-14(19)17-11-2-3-12-13(6-11)23-5-4-22-12/h2-3,6,9H,4-5,7-8H2,1H3,(H,17,19). The van der Waals surface area contributed by atoms with E-state index in [0.29, 0.717) is 36.1 Å². The summed E-state index contributed by atoms with van der Waals surface area (Å²) in [6, 6.07) is 5.01. The van der Waals surface area contributed by atoms with Gasteiger partial charge in [0.2, 0.25) is 0 Å². The van der Waals surface area contributed by atoms with Crippen molar-refractivity contribution < 1.29 is 23.8 Å². The summed E-state index contributed by atoms with van der Waals surface area (Å²) in [6.45, 7) is 2.00. The number of carbonyl (C=O) groups excluding carboxylic acids is 2. The highest BCUT2D eigenvalue weighted by atomic mass is 32.1. The van der Waals surface area contributed by atoms with Crippen LogP contribution in [-0.4, -0.2) is 36.3 Å². The second kappa shape index (κ2) is 7.39. The molecule has 8 nitrogen and oxygen atoms in total. The van der Waals surface area contributed by atoms with Crippen molar-refractivity contribution in [2.45, 2.75) is 13.5 Å². The summed E-state index contributed by atoms with van der Waals surface area (Å²) in [4.78, 5) is 35.0. The van der Waals surface area contributed by atoms with Gasteiger partial charge < -0.3 is 19.5 Å². The zero-order valence-electron chi connectivity index (χ0n) is 13.4. The molecular weight excluding hydrogens is 348 g/mol. The van der Waals surface area contributed by atoms with E-state index < -0.39 is 18.5 Å². The van der Waals surface area contributed by atoms with Gasteiger partial charge in [0.25, 0.3) is 5.91 Å². The first-order valence-corrected chi connectivity index (χ1v) is 8.41. The minimum atomic E-state index is -0.652. The molecule has 1 N–H and O–H groups in total. The molecule has 2 aromatic rings. The summed E-state index contributed by atoms with van der Waals surface area (Å²) in [5.41, 5.74) is 1.18. The summed E-state index contributed by atoms with van der Waals surface area (Å²) < 4.78 is 17.0. The van der Waals surface area contributed by atoms with Gasteiger partial charge >= 0.3 is 10.8 Å². The highest BCUT2D eigenvalue weighted by Gasteiger charge is 2.14. The second-order valence-electron chi connectivity index (χ2n) is 5.30. The quantitative estimate of drug-likeness (QED) is 0.800. The maximum Gasteiger partial charge on any atom is 0.326 e. The van der Waals surface area contributed by atoms with Crippen LogP contribution in [0.15, 0.2) is 28.4 Å². The second-order valence-corrected chi connectivity index (χ2v) is 6.12. The third-order valence-electron chi connectivity index (χ3n) is 3.45. The van der Waals surface area contributed by atoms with Crippen molar-refractivity contribution in [3.05, 3.63) is 38.9 Å². The van der Waals surface area contributed by atoms with E-state index in [2.05, 4.69) is 5.32 Å². The number of anilines is 1. The Hall–Kier alpha value is -2.81. The van der Waals surface area contributed by atoms with Crippen LogP contribution in [0, 0.1) is 6.92 Å². The van der Waals surface area contributed by atoms with E-state index in [1.807, 2.05) is 0 Å². The van der Waals surface area contributed by atoms with E-state index >= 15 is 0 Å². The molecule has 0 unspecified atom stereocenters. The zero-order chi connectivity index (χ0) is 17.8. The monoisotopic (exact) mass is 364 g/mol. The van der Waals surface area contributed by atoms with Crippen LogP contribution in [0.4, 0.5) is 5.69 Å². The summed E-state index contributed by atoms with van der Waals surface area (Å²) in [6.07, 6.45) is 0. The van der Waals surface area contributed by atoms with Gasteiger partial charge in [-0.1, -0.05) is 11.3 Å². The summed E-state index contributed by atoms with van der Waals surface area (Å²) in [5, 5.41) is 4.27. The Morgan fingerprint density at radius 2 is 2.04 bits per heavy atom. The zero-order valence-corrected chi connectivity index (χ0v) is 14.3. The lowest BCUT2D eigenvalue weighted by atomic mass is 10.2. The molecule has 0 atom stereocenters. The van der Waals surface area contributed by atoms with E-state index in [4.69, 9.17) is 14.2 Å². The van der Waals surface area contributed by atoms with Gasteiger partial charge in [0.1, 0.15) is 19.8 Å². The molecule has 9 heteroatoms. The number of aromatic nitrogens is 1. The molecule has 132 valence electrons. The van der Waals surface area contributed by atoms with Crippen LogP contribution in [-0.2, 0) is 20.9 Å². The number of fused-ring (bicyclic) bond motifs is 1. The van der Waals surface area contributed by atoms with Crippen LogP contribution in [0.2, 0.25) is 0 Å². The third kappa shape index (κ3) is 4.18. The molecule has 2 heterocycles. The molecule has 0 saturated heterocycles. The number of hydrogen-bond acceptors (Lipinski definition) is 7. The molecule has 3 rings (SSSR count). The van der Waals surface area contributed by atoms with Gasteiger partial charge in [0, 0.05) is 22.8 Å². The van der Waals surface area contributed by atoms with Crippen molar-refractivity contribution in [1.82, 2.24) is 4.57 Å². The van der Waals surface area contributed by atoms with Gasteiger partial charge in [0.15, 0.2) is 18.1 Å². The molecule has 1 amide bonds. The van der Waals surface area contributed by atoms with E-state index in [9.17, 15) is 14.4 Å². The first kappa shape index (κ1) is 17.0. The van der Waals surface area contributed by atoms with Gasteiger partial charge in [0.05, 0.1) is 0 Å². The van der Waals surface area contributed by atoms with Crippen LogP contribution in [0.1, 0.15) is 5.69 Å². The molecule has 1 aromatic carbocycles. The first-order chi connectivity index (χ1) is 12.0. The number of nitrogens with one attached hydrogen (secondary N) is 1. The Bertz CT molecular complexity index is 857. The van der Waals surface area contributed by atoms with Crippen LogP contribution >= 0.6 is 11.3 Å². The fraction of sp³-hybridized carbons (Fsp3) is 0.312. The number of benzene rings is 1. The van der Waals surface area contributed by atoms with Crippen LogP contribution in [0.5, 0.6) is 11.5 Å². The van der Waals surface area contributed by atoms with Crippen molar-refractivity contribution in [2.24, 2.45) is 0 Å². The van der Waals surface area contributed by atoms with Gasteiger partial charge in [-0.25, -0.2) is 0 Å². The molecule has 25 heavy (non-hydrogen) atoms. The van der Waals surface area contributed by atoms with Crippen molar-refractivity contribution in [3.8, 4) is 11.5 Å². The lowest BCUT2D eigenvalue weighted by Crippen LogP contribution is -2.26. The average molecular weight is 364 g/mol. The lowest BCUT2D eigenvalue weighted by Gasteiger charge is -2.19. The van der Waals surface area contributed by atoms with Gasteiger partial charge in [-0.2, -0.15) is 0 Å². The van der Waals surface area contributed by atoms with E-state index in [1.54, 1.807) is 30.5 Å². The molecule has 0 saturated carbocycles. The Morgan fingerprint density at radius 1 is 1.28 bits per heavy atom. The number of hydrogen-bond donors (Lipinski definition) is 1. The topological polar surface area (TPSA) is 95.9 Å². The van der Waals surface area contributed by atoms with Crippen LogP contribution in [0.3, 0.4) is 0 Å². The normalized spacial score (nSPS) is 12.5. The van der Waals surface area contributed by atoms with E-state index in [0.717, 1.165) is 11.3 Å². The molecule has 1 aliphatic rings. The highest BCUT2D eigenvalue weighted by molar-refractivity contribution is 7.07. The smallest absolute Gasteiger partial charge is 0.326 e. The maximum absolute atomic E-state index is 11.9. The number of amides is 1. The van der Waals surface area contributed by atoms with E-state index in [1.165, 1.54) is 4.57 Å². The van der Waals surface area contributed by atoms with Crippen molar-refractivity contribution in [3.63, 3.8) is 0 Å². The van der Waals surface area contributed by atoms with Gasteiger partial charge in [-0.05, 0) is 19.1 Å². The number of rotatable bonds is 5. The Kier molecular flexibility index (Phi) is 5.03. The number of carbonyl (C=O) groups is 2. The summed E-state index contributed by atoms with van der Waals surface area (Å²) >= 11 is 1.01. The van der Waals surface area contributed by atoms with Crippen LogP contribution < -0.4 is 19.7 Å². The van der Waals surface area contributed by atoms with Gasteiger partial charge in [-0.3, -0.25) is 19.0 Å². The van der Waals surface area contributed by atoms with Crippen LogP contribution in [0.25, 0.3) is 0 Å². The molecular formula is C16H16N2O6S. The summed E-state index contributed by atoms with van der Waals surface area (Å²) in [5.74, 6) is 0.0287. The Labute approximate surface area is 146 Å². The molecule has 1 aromatic heterocycles. The third-order valence-corrected chi connectivity index (χ3v) is 4.33. The molecule has 0 radical (unpaired) electrons. The molecule has 0 bridgehead atoms. The minimum absolute atomic E-state index is 0.217. The number of aryl methyl sites for hydroxylation is 1. The Balaban J connectivity index is 1.51. The maximum atomic E-state index is 11.9. The molecule has 0 aliphatic carbocycles. The first-order valence-electron chi connectivity index (χ1n) is 7.53. The molecule has 0 fully saturated rings. The molecule has 0 spiro atoms. The predicted molar refractivity (Wildman–Crippen MR) is 90.3 cm³/mol. The highest BCUT2D eigenvalue weighted by Crippen LogP contribution is 2.32. The average Bonchev–Trinajstić information content (AvgIpc) is 2.92.